The SMILES string of the molecule is C[C@H]1C(=O)C(C#N)=C[C@@]2(P)C(=O)N(CCO)CC[C@H]12. The zero-order chi connectivity index (χ0) is 14.2. The Morgan fingerprint density at radius 3 is 2.89 bits per heavy atom. The number of piperidine rings is 1. The highest BCUT2D eigenvalue weighted by Crippen LogP contribution is 2.46. The second kappa shape index (κ2) is 5.03. The number of rotatable bonds is 2. The zero-order valence-corrected chi connectivity index (χ0v) is 12.0. The Kier molecular flexibility index (Phi) is 3.75. The first-order chi connectivity index (χ1) is 8.95. The number of nitriles is 1. The molecule has 1 saturated heterocycles. The molecule has 0 radical (unpaired) electrons. The fourth-order valence-electron chi connectivity index (χ4n) is 3.06. The predicted molar refractivity (Wildman–Crippen MR) is 72.1 cm³/mol. The summed E-state index contributed by atoms with van der Waals surface area (Å²) in [6.07, 6.45) is 2.20. The van der Waals surface area contributed by atoms with Crippen LogP contribution in [0.4, 0.5) is 0 Å². The normalized spacial score (nSPS) is 34.6. The Bertz CT molecular complexity index is 497. The first-order valence-electron chi connectivity index (χ1n) is 6.32. The third-order valence-corrected chi connectivity index (χ3v) is 4.98. The van der Waals surface area contributed by atoms with E-state index >= 15 is 0 Å². The summed E-state index contributed by atoms with van der Waals surface area (Å²) in [6.45, 7) is 2.54. The number of ketones is 1. The first kappa shape index (κ1) is 14.2. The van der Waals surface area contributed by atoms with E-state index in [0.717, 1.165) is 0 Å². The predicted octanol–water partition coefficient (Wildman–Crippen LogP) is 0.110. The monoisotopic (exact) mass is 280 g/mol. The molecule has 0 aromatic rings. The Balaban J connectivity index is 2.43. The minimum absolute atomic E-state index is 0.0675. The van der Waals surface area contributed by atoms with Crippen LogP contribution in [-0.2, 0) is 9.59 Å². The molecule has 0 aromatic heterocycles. The average molecular weight is 280 g/mol. The summed E-state index contributed by atoms with van der Waals surface area (Å²) in [6, 6.07) is 1.89. The average Bonchev–Trinajstić information content (AvgIpc) is 2.39. The lowest BCUT2D eigenvalue weighted by Gasteiger charge is -2.47. The summed E-state index contributed by atoms with van der Waals surface area (Å²) in [7, 11) is 2.53. The third kappa shape index (κ3) is 2.09. The van der Waals surface area contributed by atoms with Crippen molar-refractivity contribution in [1.29, 1.82) is 5.26 Å². The van der Waals surface area contributed by atoms with E-state index in [4.69, 9.17) is 10.4 Å². The van der Waals surface area contributed by atoms with Gasteiger partial charge >= 0.3 is 0 Å². The van der Waals surface area contributed by atoms with Crippen LogP contribution in [0.2, 0.25) is 0 Å². The van der Waals surface area contributed by atoms with Crippen LogP contribution in [0.1, 0.15) is 13.3 Å². The Hall–Kier alpha value is -1.24. The Morgan fingerprint density at radius 1 is 1.63 bits per heavy atom. The van der Waals surface area contributed by atoms with E-state index in [2.05, 4.69) is 9.24 Å². The number of aliphatic hydroxyl groups is 1. The van der Waals surface area contributed by atoms with Gasteiger partial charge in [-0.2, -0.15) is 5.26 Å². The van der Waals surface area contributed by atoms with Crippen LogP contribution >= 0.6 is 9.24 Å². The summed E-state index contributed by atoms with van der Waals surface area (Å²) >= 11 is 0. The molecule has 0 saturated carbocycles. The fourth-order valence-corrected chi connectivity index (χ4v) is 3.86. The van der Waals surface area contributed by atoms with Crippen LogP contribution in [0, 0.1) is 23.2 Å². The summed E-state index contributed by atoms with van der Waals surface area (Å²) in [4.78, 5) is 26.1. The topological polar surface area (TPSA) is 81.4 Å². The van der Waals surface area contributed by atoms with Crippen molar-refractivity contribution >= 4 is 20.9 Å². The number of hydrogen-bond donors (Lipinski definition) is 1. The number of hydrogen-bond acceptors (Lipinski definition) is 4. The number of allylic oxidation sites excluding steroid dienone is 1. The molecule has 1 aliphatic carbocycles. The van der Waals surface area contributed by atoms with Crippen LogP contribution in [0.15, 0.2) is 11.6 Å². The zero-order valence-electron chi connectivity index (χ0n) is 10.8. The summed E-state index contributed by atoms with van der Waals surface area (Å²) in [5.41, 5.74) is 0.0675. The third-order valence-electron chi connectivity index (χ3n) is 4.14. The lowest BCUT2D eigenvalue weighted by Crippen LogP contribution is -2.58. The van der Waals surface area contributed by atoms with E-state index in [9.17, 15) is 9.59 Å². The first-order valence-corrected chi connectivity index (χ1v) is 6.89. The largest absolute Gasteiger partial charge is 0.395 e. The van der Waals surface area contributed by atoms with Gasteiger partial charge in [0, 0.05) is 19.0 Å². The van der Waals surface area contributed by atoms with Gasteiger partial charge in [0.25, 0.3) is 0 Å². The van der Waals surface area contributed by atoms with Gasteiger partial charge in [-0.15, -0.1) is 9.24 Å². The van der Waals surface area contributed by atoms with Crippen molar-refractivity contribution in [3.63, 3.8) is 0 Å². The standard InChI is InChI=1S/C13H17N2O3P/c1-8-10-2-3-15(4-5-16)12(18)13(10,19)6-9(7-14)11(8)17/h6,8,10,16H,2-5,19H2,1H3/t8-,10-,13+/m1/s1. The lowest BCUT2D eigenvalue weighted by atomic mass is 9.69. The Labute approximate surface area is 114 Å². The van der Waals surface area contributed by atoms with Crippen LogP contribution in [0.5, 0.6) is 0 Å². The molecule has 4 atom stereocenters. The van der Waals surface area contributed by atoms with Crippen molar-refractivity contribution in [3.05, 3.63) is 11.6 Å². The van der Waals surface area contributed by atoms with Gasteiger partial charge in [-0.3, -0.25) is 9.59 Å². The van der Waals surface area contributed by atoms with Gasteiger partial charge in [0.05, 0.1) is 17.3 Å². The Morgan fingerprint density at radius 2 is 2.32 bits per heavy atom. The molecule has 0 spiro atoms. The number of carbonyl (C=O) groups is 2. The van der Waals surface area contributed by atoms with Gasteiger partial charge in [-0.1, -0.05) is 6.92 Å². The molecule has 5 nitrogen and oxygen atoms in total. The maximum atomic E-state index is 12.5. The van der Waals surface area contributed by atoms with Gasteiger partial charge in [0.1, 0.15) is 6.07 Å². The van der Waals surface area contributed by atoms with Crippen LogP contribution in [0.25, 0.3) is 0 Å². The van der Waals surface area contributed by atoms with Crippen molar-refractivity contribution in [2.45, 2.75) is 18.5 Å². The highest BCUT2D eigenvalue weighted by atomic mass is 31.0. The second-order valence-corrected chi connectivity index (χ2v) is 6.12. The van der Waals surface area contributed by atoms with E-state index in [1.54, 1.807) is 11.8 Å². The van der Waals surface area contributed by atoms with Crippen molar-refractivity contribution in [2.24, 2.45) is 11.8 Å². The van der Waals surface area contributed by atoms with Gasteiger partial charge in [0.2, 0.25) is 5.91 Å². The molecule has 19 heavy (non-hydrogen) atoms. The summed E-state index contributed by atoms with van der Waals surface area (Å²) in [5.74, 6) is -0.717. The van der Waals surface area contributed by atoms with E-state index < -0.39 is 5.16 Å². The molecule has 1 heterocycles. The summed E-state index contributed by atoms with van der Waals surface area (Å²) < 4.78 is 0. The van der Waals surface area contributed by atoms with Gasteiger partial charge in [0.15, 0.2) is 5.78 Å². The number of nitrogens with zero attached hydrogens (tertiary/aromatic N) is 2. The van der Waals surface area contributed by atoms with Crippen molar-refractivity contribution in [2.75, 3.05) is 19.7 Å². The number of likely N-dealkylation sites (tertiary alicyclic amines) is 1. The quantitative estimate of drug-likeness (QED) is 0.728. The van der Waals surface area contributed by atoms with Gasteiger partial charge in [-0.25, -0.2) is 0 Å². The number of fused-ring (bicyclic) bond motifs is 1. The molecule has 2 rings (SSSR count). The minimum atomic E-state index is -0.883. The molecule has 1 fully saturated rings. The molecule has 2 aliphatic rings. The fraction of sp³-hybridized carbons (Fsp3) is 0.615. The number of carbonyl (C=O) groups excluding carboxylic acids is 2. The van der Waals surface area contributed by atoms with Crippen LogP contribution < -0.4 is 0 Å². The van der Waals surface area contributed by atoms with E-state index in [1.165, 1.54) is 6.08 Å². The molecule has 102 valence electrons. The molecule has 1 N–H and O–H groups in total. The van der Waals surface area contributed by atoms with E-state index in [-0.39, 0.29) is 35.7 Å². The smallest absolute Gasteiger partial charge is 0.236 e. The molecule has 1 amide bonds. The number of amides is 1. The minimum Gasteiger partial charge on any atom is -0.395 e. The molecular formula is C13H17N2O3P. The maximum absolute atomic E-state index is 12.5. The number of Topliss-reactive ketones (excluding diaryl/α,β-unsaturated/α-hetero) is 1. The molecule has 6 heteroatoms. The number of β-amino-alcohol motifs (C(OH)–C–C–N with tert-alkyl or cyclic N) is 1. The molecule has 0 bridgehead atoms. The molecular weight excluding hydrogens is 263 g/mol. The van der Waals surface area contributed by atoms with E-state index in [0.29, 0.717) is 19.5 Å². The highest BCUT2D eigenvalue weighted by Gasteiger charge is 2.52. The van der Waals surface area contributed by atoms with Crippen molar-refractivity contribution in [3.8, 4) is 6.07 Å². The highest BCUT2D eigenvalue weighted by molar-refractivity contribution is 7.21. The molecule has 0 aromatic carbocycles. The van der Waals surface area contributed by atoms with Crippen molar-refractivity contribution in [1.82, 2.24) is 4.90 Å². The van der Waals surface area contributed by atoms with Crippen molar-refractivity contribution < 1.29 is 14.7 Å². The number of aliphatic hydroxyl groups excluding tert-OH is 1. The van der Waals surface area contributed by atoms with Crippen LogP contribution in [0.3, 0.4) is 0 Å². The molecule has 1 aliphatic heterocycles. The van der Waals surface area contributed by atoms with Gasteiger partial charge < -0.3 is 10.0 Å². The second-order valence-electron chi connectivity index (χ2n) is 5.17. The maximum Gasteiger partial charge on any atom is 0.236 e. The molecule has 1 unspecified atom stereocenters. The van der Waals surface area contributed by atoms with Crippen LogP contribution in [-0.4, -0.2) is 46.5 Å². The summed E-state index contributed by atoms with van der Waals surface area (Å²) in [5, 5.41) is 17.1. The lowest BCUT2D eigenvalue weighted by molar-refractivity contribution is -0.140. The van der Waals surface area contributed by atoms with Gasteiger partial charge in [-0.05, 0) is 18.4 Å². The van der Waals surface area contributed by atoms with E-state index in [1.807, 2.05) is 6.07 Å².